The number of aromatic amines is 1. The zero-order chi connectivity index (χ0) is 22.6. The van der Waals surface area contributed by atoms with Gasteiger partial charge in [-0.1, -0.05) is 68.2 Å². The second kappa shape index (κ2) is 9.53. The van der Waals surface area contributed by atoms with Crippen LogP contribution in [0.4, 0.5) is 0 Å². The molecule has 2 heterocycles. The molecule has 0 amide bonds. The molecule has 0 aliphatic carbocycles. The normalized spacial score (nSPS) is 11.5. The summed E-state index contributed by atoms with van der Waals surface area (Å²) in [5, 5.41) is 6.70. The Morgan fingerprint density at radius 2 is 1.73 bits per heavy atom. The molecule has 0 spiro atoms. The van der Waals surface area contributed by atoms with Crippen molar-refractivity contribution in [3.63, 3.8) is 0 Å². The fourth-order valence-corrected chi connectivity index (χ4v) is 4.56. The molecule has 2 aromatic heterocycles. The van der Waals surface area contributed by atoms with Crippen LogP contribution in [0.2, 0.25) is 0 Å². The number of nitrogens with one attached hydrogen (secondary N) is 1. The van der Waals surface area contributed by atoms with E-state index in [4.69, 9.17) is 9.26 Å². The first-order valence-electron chi connectivity index (χ1n) is 12.0. The van der Waals surface area contributed by atoms with Crippen LogP contribution >= 0.6 is 0 Å². The van der Waals surface area contributed by atoms with Gasteiger partial charge in [-0.05, 0) is 54.1 Å². The Labute approximate surface area is 194 Å². The highest BCUT2D eigenvalue weighted by molar-refractivity contribution is 5.94. The number of H-pyrrole nitrogens is 1. The lowest BCUT2D eigenvalue weighted by Crippen LogP contribution is -2.04. The molecule has 0 bridgehead atoms. The predicted octanol–water partition coefficient (Wildman–Crippen LogP) is 7.50. The van der Waals surface area contributed by atoms with Gasteiger partial charge in [0.05, 0.1) is 12.0 Å². The lowest BCUT2D eigenvalue weighted by Gasteiger charge is -2.11. The van der Waals surface area contributed by atoms with Gasteiger partial charge in [0.2, 0.25) is 0 Å². The van der Waals surface area contributed by atoms with Gasteiger partial charge in [0, 0.05) is 28.8 Å². The van der Waals surface area contributed by atoms with Crippen molar-refractivity contribution in [1.82, 2.24) is 10.1 Å². The number of ether oxygens (including phenoxy) is 1. The first-order valence-corrected chi connectivity index (χ1v) is 12.0. The Kier molecular flexibility index (Phi) is 6.16. The molecular formula is C29H30N2O2. The lowest BCUT2D eigenvalue weighted by atomic mass is 10.0. The van der Waals surface area contributed by atoms with Gasteiger partial charge in [-0.15, -0.1) is 0 Å². The summed E-state index contributed by atoms with van der Waals surface area (Å²) in [7, 11) is 0. The standard InChI is InChI=1S/C29H30N2O2/c1-3-8-20-12-14-26-22(18-20)19-23(30-26)16-17-32-27-15-13-25-28(21-10-6-5-7-11-21)31-33-29(25)24(27)9-4-2/h5-7,10-15,18-19,30H,3-4,8-9,16-17H2,1-2H3. The van der Waals surface area contributed by atoms with E-state index < -0.39 is 0 Å². The number of hydrogen-bond donors (Lipinski definition) is 1. The minimum absolute atomic E-state index is 0.608. The van der Waals surface area contributed by atoms with Gasteiger partial charge >= 0.3 is 0 Å². The summed E-state index contributed by atoms with van der Waals surface area (Å²) in [6, 6.07) is 23.3. The van der Waals surface area contributed by atoms with Gasteiger partial charge in [-0.25, -0.2) is 0 Å². The van der Waals surface area contributed by atoms with Gasteiger partial charge in [0.25, 0.3) is 0 Å². The maximum atomic E-state index is 6.27. The van der Waals surface area contributed by atoms with Crippen molar-refractivity contribution < 1.29 is 9.26 Å². The first kappa shape index (κ1) is 21.3. The van der Waals surface area contributed by atoms with Crippen molar-refractivity contribution in [3.05, 3.63) is 83.6 Å². The highest BCUT2D eigenvalue weighted by Crippen LogP contribution is 2.35. The SMILES string of the molecule is CCCc1ccc2[nH]c(CCOc3ccc4c(-c5ccccc5)noc4c3CCC)cc2c1. The maximum Gasteiger partial charge on any atom is 0.174 e. The van der Waals surface area contributed by atoms with Crippen LogP contribution < -0.4 is 4.74 Å². The largest absolute Gasteiger partial charge is 0.493 e. The summed E-state index contributed by atoms with van der Waals surface area (Å²) in [6.45, 7) is 5.00. The summed E-state index contributed by atoms with van der Waals surface area (Å²) in [5.41, 5.74) is 7.66. The molecule has 5 rings (SSSR count). The molecule has 5 aromatic rings. The van der Waals surface area contributed by atoms with E-state index >= 15 is 0 Å². The van der Waals surface area contributed by atoms with Crippen LogP contribution in [0.3, 0.4) is 0 Å². The third-order valence-electron chi connectivity index (χ3n) is 6.16. The predicted molar refractivity (Wildman–Crippen MR) is 135 cm³/mol. The van der Waals surface area contributed by atoms with Crippen LogP contribution in [0.25, 0.3) is 33.1 Å². The van der Waals surface area contributed by atoms with Gasteiger partial charge < -0.3 is 14.2 Å². The number of fused-ring (bicyclic) bond motifs is 2. The Morgan fingerprint density at radius 3 is 2.55 bits per heavy atom. The molecule has 0 atom stereocenters. The quantitative estimate of drug-likeness (QED) is 0.259. The molecule has 33 heavy (non-hydrogen) atoms. The molecule has 0 radical (unpaired) electrons. The molecule has 1 N–H and O–H groups in total. The van der Waals surface area contributed by atoms with Gasteiger partial charge in [-0.3, -0.25) is 0 Å². The molecule has 3 aromatic carbocycles. The smallest absolute Gasteiger partial charge is 0.174 e. The van der Waals surface area contributed by atoms with E-state index in [0.29, 0.717) is 6.61 Å². The molecule has 0 unspecified atom stereocenters. The topological polar surface area (TPSA) is 51.0 Å². The number of rotatable bonds is 9. The Hall–Kier alpha value is -3.53. The van der Waals surface area contributed by atoms with E-state index in [9.17, 15) is 0 Å². The maximum absolute atomic E-state index is 6.27. The zero-order valence-electron chi connectivity index (χ0n) is 19.4. The fraction of sp³-hybridized carbons (Fsp3) is 0.276. The molecule has 0 aliphatic rings. The molecule has 0 saturated heterocycles. The Morgan fingerprint density at radius 1 is 0.879 bits per heavy atom. The van der Waals surface area contributed by atoms with E-state index in [1.807, 2.05) is 18.2 Å². The third-order valence-corrected chi connectivity index (χ3v) is 6.16. The number of aromatic nitrogens is 2. The number of hydrogen-bond acceptors (Lipinski definition) is 3. The van der Waals surface area contributed by atoms with E-state index in [1.54, 1.807) is 0 Å². The van der Waals surface area contributed by atoms with Crippen LogP contribution in [-0.2, 0) is 19.3 Å². The number of nitrogens with zero attached hydrogens (tertiary/aromatic N) is 1. The highest BCUT2D eigenvalue weighted by Gasteiger charge is 2.17. The van der Waals surface area contributed by atoms with Gasteiger partial charge in [0.1, 0.15) is 11.4 Å². The van der Waals surface area contributed by atoms with Crippen LogP contribution in [0.5, 0.6) is 5.75 Å². The second-order valence-electron chi connectivity index (χ2n) is 8.63. The van der Waals surface area contributed by atoms with Crippen LogP contribution in [-0.4, -0.2) is 16.7 Å². The summed E-state index contributed by atoms with van der Waals surface area (Å²) < 4.78 is 12.1. The highest BCUT2D eigenvalue weighted by atomic mass is 16.5. The van der Waals surface area contributed by atoms with E-state index in [1.165, 1.54) is 28.6 Å². The Balaban J connectivity index is 1.35. The van der Waals surface area contributed by atoms with Crippen LogP contribution in [0, 0.1) is 0 Å². The summed E-state index contributed by atoms with van der Waals surface area (Å²) in [5.74, 6) is 0.890. The van der Waals surface area contributed by atoms with E-state index in [0.717, 1.165) is 59.2 Å². The van der Waals surface area contributed by atoms with Crippen LogP contribution in [0.15, 0.2) is 71.3 Å². The van der Waals surface area contributed by atoms with Crippen molar-refractivity contribution in [1.29, 1.82) is 0 Å². The van der Waals surface area contributed by atoms with Crippen LogP contribution in [0.1, 0.15) is 43.5 Å². The average Bonchev–Trinajstić information content (AvgIpc) is 3.45. The number of aryl methyl sites for hydroxylation is 2. The molecule has 4 nitrogen and oxygen atoms in total. The third kappa shape index (κ3) is 4.38. The molecule has 0 fully saturated rings. The summed E-state index contributed by atoms with van der Waals surface area (Å²) >= 11 is 0. The van der Waals surface area contributed by atoms with E-state index in [2.05, 4.69) is 72.5 Å². The molecule has 4 heteroatoms. The van der Waals surface area contributed by atoms with Crippen molar-refractivity contribution in [2.75, 3.05) is 6.61 Å². The van der Waals surface area contributed by atoms with E-state index in [-0.39, 0.29) is 0 Å². The van der Waals surface area contributed by atoms with Crippen molar-refractivity contribution in [2.45, 2.75) is 46.0 Å². The molecule has 0 aliphatic heterocycles. The fourth-order valence-electron chi connectivity index (χ4n) is 4.56. The van der Waals surface area contributed by atoms with Crippen molar-refractivity contribution >= 4 is 21.9 Å². The number of benzene rings is 3. The Bertz CT molecular complexity index is 1360. The first-order chi connectivity index (χ1) is 16.3. The molecule has 0 saturated carbocycles. The van der Waals surface area contributed by atoms with Crippen molar-refractivity contribution in [2.24, 2.45) is 0 Å². The average molecular weight is 439 g/mol. The minimum atomic E-state index is 0.608. The van der Waals surface area contributed by atoms with Gasteiger partial charge in [0.15, 0.2) is 5.58 Å². The monoisotopic (exact) mass is 438 g/mol. The van der Waals surface area contributed by atoms with Gasteiger partial charge in [-0.2, -0.15) is 0 Å². The zero-order valence-corrected chi connectivity index (χ0v) is 19.4. The second-order valence-corrected chi connectivity index (χ2v) is 8.63. The summed E-state index contributed by atoms with van der Waals surface area (Å²) in [6.07, 6.45) is 5.02. The summed E-state index contributed by atoms with van der Waals surface area (Å²) in [4.78, 5) is 3.53. The minimum Gasteiger partial charge on any atom is -0.493 e. The molecular weight excluding hydrogens is 408 g/mol. The van der Waals surface area contributed by atoms with Crippen molar-refractivity contribution in [3.8, 4) is 17.0 Å². The lowest BCUT2D eigenvalue weighted by molar-refractivity contribution is 0.317. The molecule has 168 valence electrons.